The van der Waals surface area contributed by atoms with Crippen LogP contribution in [0, 0.1) is 27.7 Å². The van der Waals surface area contributed by atoms with Crippen LogP contribution >= 0.6 is 11.6 Å². The first-order chi connectivity index (χ1) is 12.3. The van der Waals surface area contributed by atoms with E-state index in [2.05, 4.69) is 22.7 Å². The fourth-order valence-corrected chi connectivity index (χ4v) is 2.78. The normalized spacial score (nSPS) is 10.7. The van der Waals surface area contributed by atoms with E-state index in [-0.39, 0.29) is 18.2 Å². The van der Waals surface area contributed by atoms with Crippen LogP contribution < -0.4 is 10.6 Å². The minimum atomic E-state index is -0.359. The van der Waals surface area contributed by atoms with Gasteiger partial charge in [0.1, 0.15) is 6.42 Å². The van der Waals surface area contributed by atoms with Gasteiger partial charge in [-0.15, -0.1) is 0 Å². The molecule has 7 heteroatoms. The Bertz CT molecular complexity index is 814. The predicted molar refractivity (Wildman–Crippen MR) is 104 cm³/mol. The second-order valence-electron chi connectivity index (χ2n) is 6.36. The lowest BCUT2D eigenvalue weighted by Crippen LogP contribution is -2.29. The lowest BCUT2D eigenvalue weighted by atomic mass is 10.2. The third-order valence-electron chi connectivity index (χ3n) is 4.48. The van der Waals surface area contributed by atoms with Gasteiger partial charge in [0, 0.05) is 29.5 Å². The maximum Gasteiger partial charge on any atom is 0.233 e. The van der Waals surface area contributed by atoms with E-state index >= 15 is 0 Å². The lowest BCUT2D eigenvalue weighted by Gasteiger charge is -2.10. The molecule has 0 saturated heterocycles. The standard InChI is InChI=1S/C19H25ClN4O2/c1-12-14(3)23-24(15(12)4)10-6-9-21-18(25)11-19(26)22-17-8-5-7-16(20)13(17)2/h5,7-8H,6,9-11H2,1-4H3,(H,21,25)(H,22,26). The Kier molecular flexibility index (Phi) is 6.80. The first-order valence-corrected chi connectivity index (χ1v) is 8.99. The molecule has 140 valence electrons. The van der Waals surface area contributed by atoms with Crippen LogP contribution in [0.5, 0.6) is 0 Å². The Morgan fingerprint density at radius 3 is 2.50 bits per heavy atom. The van der Waals surface area contributed by atoms with Gasteiger partial charge < -0.3 is 10.6 Å². The second-order valence-corrected chi connectivity index (χ2v) is 6.77. The van der Waals surface area contributed by atoms with E-state index in [0.717, 1.165) is 29.9 Å². The zero-order chi connectivity index (χ0) is 19.3. The smallest absolute Gasteiger partial charge is 0.233 e. The summed E-state index contributed by atoms with van der Waals surface area (Å²) in [6, 6.07) is 5.27. The summed E-state index contributed by atoms with van der Waals surface area (Å²) in [6.07, 6.45) is 0.535. The van der Waals surface area contributed by atoms with Crippen molar-refractivity contribution in [3.63, 3.8) is 0 Å². The SMILES string of the molecule is Cc1nn(CCCNC(=O)CC(=O)Nc2cccc(Cl)c2C)c(C)c1C. The molecule has 0 fully saturated rings. The van der Waals surface area contributed by atoms with Crippen LogP contribution in [0.15, 0.2) is 18.2 Å². The fraction of sp³-hybridized carbons (Fsp3) is 0.421. The van der Waals surface area contributed by atoms with Crippen molar-refractivity contribution in [1.82, 2.24) is 15.1 Å². The van der Waals surface area contributed by atoms with E-state index in [1.807, 2.05) is 25.5 Å². The van der Waals surface area contributed by atoms with Crippen LogP contribution in [0.2, 0.25) is 5.02 Å². The number of benzene rings is 1. The summed E-state index contributed by atoms with van der Waals surface area (Å²) in [7, 11) is 0. The Morgan fingerprint density at radius 2 is 1.85 bits per heavy atom. The van der Waals surface area contributed by atoms with Crippen LogP contribution in [0.4, 0.5) is 5.69 Å². The van der Waals surface area contributed by atoms with Gasteiger partial charge in [0.25, 0.3) is 0 Å². The maximum atomic E-state index is 12.0. The third kappa shape index (κ3) is 5.08. The number of carbonyl (C=O) groups excluding carboxylic acids is 2. The van der Waals surface area contributed by atoms with Crippen molar-refractivity contribution in [2.24, 2.45) is 0 Å². The van der Waals surface area contributed by atoms with Crippen molar-refractivity contribution >= 4 is 29.1 Å². The molecule has 0 aliphatic carbocycles. The number of nitrogens with one attached hydrogen (secondary N) is 2. The quantitative estimate of drug-likeness (QED) is 0.575. The van der Waals surface area contributed by atoms with Crippen molar-refractivity contribution in [2.45, 2.75) is 47.1 Å². The van der Waals surface area contributed by atoms with Gasteiger partial charge in [-0.3, -0.25) is 14.3 Å². The van der Waals surface area contributed by atoms with Crippen LogP contribution in [0.3, 0.4) is 0 Å². The van der Waals surface area contributed by atoms with Gasteiger partial charge >= 0.3 is 0 Å². The average Bonchev–Trinajstić information content (AvgIpc) is 2.83. The summed E-state index contributed by atoms with van der Waals surface area (Å²) in [5, 5.41) is 10.5. The molecule has 1 aromatic heterocycles. The monoisotopic (exact) mass is 376 g/mol. The Morgan fingerprint density at radius 1 is 1.12 bits per heavy atom. The van der Waals surface area contributed by atoms with Crippen LogP contribution in [-0.2, 0) is 16.1 Å². The Balaban J connectivity index is 1.73. The minimum Gasteiger partial charge on any atom is -0.356 e. The average molecular weight is 377 g/mol. The predicted octanol–water partition coefficient (Wildman–Crippen LogP) is 3.31. The molecule has 0 bridgehead atoms. The van der Waals surface area contributed by atoms with Gasteiger partial charge in [-0.05, 0) is 57.4 Å². The topological polar surface area (TPSA) is 76.0 Å². The molecule has 1 aromatic carbocycles. The molecule has 0 spiro atoms. The highest BCUT2D eigenvalue weighted by Crippen LogP contribution is 2.22. The summed E-state index contributed by atoms with van der Waals surface area (Å²) in [6.45, 7) is 9.13. The molecule has 0 radical (unpaired) electrons. The molecule has 0 atom stereocenters. The molecular weight excluding hydrogens is 352 g/mol. The van der Waals surface area contributed by atoms with Gasteiger partial charge in [-0.2, -0.15) is 5.10 Å². The fourth-order valence-electron chi connectivity index (χ4n) is 2.61. The molecule has 26 heavy (non-hydrogen) atoms. The number of hydrogen-bond acceptors (Lipinski definition) is 3. The maximum absolute atomic E-state index is 12.0. The van der Waals surface area contributed by atoms with Crippen LogP contribution in [0.1, 0.15) is 35.4 Å². The highest BCUT2D eigenvalue weighted by Gasteiger charge is 2.12. The number of nitrogens with zero attached hydrogens (tertiary/aromatic N) is 2. The largest absolute Gasteiger partial charge is 0.356 e. The molecule has 2 N–H and O–H groups in total. The van der Waals surface area contributed by atoms with E-state index in [9.17, 15) is 9.59 Å². The molecular formula is C19H25ClN4O2. The lowest BCUT2D eigenvalue weighted by molar-refractivity contribution is -0.126. The number of hydrogen-bond donors (Lipinski definition) is 2. The highest BCUT2D eigenvalue weighted by molar-refractivity contribution is 6.31. The third-order valence-corrected chi connectivity index (χ3v) is 4.88. The van der Waals surface area contributed by atoms with E-state index in [4.69, 9.17) is 11.6 Å². The molecule has 0 aliphatic rings. The van der Waals surface area contributed by atoms with E-state index in [0.29, 0.717) is 17.3 Å². The van der Waals surface area contributed by atoms with Gasteiger partial charge in [0.05, 0.1) is 5.69 Å². The molecule has 0 aliphatic heterocycles. The molecule has 0 saturated carbocycles. The summed E-state index contributed by atoms with van der Waals surface area (Å²) < 4.78 is 1.95. The van der Waals surface area contributed by atoms with E-state index in [1.54, 1.807) is 18.2 Å². The van der Waals surface area contributed by atoms with Gasteiger partial charge in [0.2, 0.25) is 11.8 Å². The van der Waals surface area contributed by atoms with Gasteiger partial charge in [-0.1, -0.05) is 17.7 Å². The van der Waals surface area contributed by atoms with Crippen molar-refractivity contribution in [1.29, 1.82) is 0 Å². The van der Waals surface area contributed by atoms with Gasteiger partial charge in [0.15, 0.2) is 0 Å². The number of halogens is 1. The highest BCUT2D eigenvalue weighted by atomic mass is 35.5. The molecule has 6 nitrogen and oxygen atoms in total. The van der Waals surface area contributed by atoms with E-state index in [1.165, 1.54) is 5.56 Å². The zero-order valence-electron chi connectivity index (χ0n) is 15.6. The van der Waals surface area contributed by atoms with Crippen molar-refractivity contribution in [2.75, 3.05) is 11.9 Å². The summed E-state index contributed by atoms with van der Waals surface area (Å²) >= 11 is 6.02. The zero-order valence-corrected chi connectivity index (χ0v) is 16.4. The van der Waals surface area contributed by atoms with Gasteiger partial charge in [-0.25, -0.2) is 0 Å². The summed E-state index contributed by atoms with van der Waals surface area (Å²) in [4.78, 5) is 23.9. The Labute approximate surface area is 158 Å². The van der Waals surface area contributed by atoms with Crippen LogP contribution in [-0.4, -0.2) is 28.1 Å². The first kappa shape index (κ1) is 20.0. The number of aryl methyl sites for hydroxylation is 2. The Hall–Kier alpha value is -2.34. The van der Waals surface area contributed by atoms with Crippen molar-refractivity contribution in [3.05, 3.63) is 45.7 Å². The number of aromatic nitrogens is 2. The second kappa shape index (κ2) is 8.85. The molecule has 2 amide bonds. The van der Waals surface area contributed by atoms with Crippen molar-refractivity contribution in [3.8, 4) is 0 Å². The number of rotatable bonds is 7. The molecule has 2 aromatic rings. The number of carbonyl (C=O) groups is 2. The molecule has 2 rings (SSSR count). The van der Waals surface area contributed by atoms with E-state index < -0.39 is 0 Å². The van der Waals surface area contributed by atoms with Crippen LogP contribution in [0.25, 0.3) is 0 Å². The molecule has 0 unspecified atom stereocenters. The number of amides is 2. The molecule has 1 heterocycles. The summed E-state index contributed by atoms with van der Waals surface area (Å²) in [5.74, 6) is -0.659. The van der Waals surface area contributed by atoms with Crippen molar-refractivity contribution < 1.29 is 9.59 Å². The number of anilines is 1. The minimum absolute atomic E-state index is 0.217. The summed E-state index contributed by atoms with van der Waals surface area (Å²) in [5.41, 5.74) is 4.77. The first-order valence-electron chi connectivity index (χ1n) is 8.62.